The fourth-order valence-electron chi connectivity index (χ4n) is 2.44. The van der Waals surface area contributed by atoms with E-state index in [9.17, 15) is 13.5 Å². The molecule has 0 unspecified atom stereocenters. The van der Waals surface area contributed by atoms with Crippen LogP contribution in [0, 0.1) is 0 Å². The van der Waals surface area contributed by atoms with Crippen molar-refractivity contribution in [2.75, 3.05) is 6.54 Å². The number of aliphatic hydroxyl groups is 1. The molecule has 0 aliphatic heterocycles. The van der Waals surface area contributed by atoms with Gasteiger partial charge in [0.2, 0.25) is 5.03 Å². The lowest BCUT2D eigenvalue weighted by Crippen LogP contribution is -2.42. The predicted molar refractivity (Wildman–Crippen MR) is 76.1 cm³/mol. The minimum atomic E-state index is -3.79. The van der Waals surface area contributed by atoms with Crippen LogP contribution in [0.2, 0.25) is 5.15 Å². The lowest BCUT2D eigenvalue weighted by Gasteiger charge is -2.26. The smallest absolute Gasteiger partial charge is 0.261 e. The van der Waals surface area contributed by atoms with E-state index in [1.54, 1.807) is 7.05 Å². The van der Waals surface area contributed by atoms with Crippen molar-refractivity contribution in [2.24, 2.45) is 7.05 Å². The van der Waals surface area contributed by atoms with Gasteiger partial charge in [-0.15, -0.1) is 0 Å². The average molecular weight is 322 g/mol. The Morgan fingerprint density at radius 3 is 2.50 bits per heavy atom. The summed E-state index contributed by atoms with van der Waals surface area (Å²) in [6, 6.07) is 0. The number of halogens is 1. The summed E-state index contributed by atoms with van der Waals surface area (Å²) in [4.78, 5) is 3.79. The normalized spacial score (nSPS) is 19.8. The van der Waals surface area contributed by atoms with E-state index in [-0.39, 0.29) is 16.7 Å². The molecule has 2 rings (SSSR count). The monoisotopic (exact) mass is 321 g/mol. The molecule has 1 aromatic rings. The summed E-state index contributed by atoms with van der Waals surface area (Å²) in [5.74, 6) is 0. The zero-order valence-electron chi connectivity index (χ0n) is 11.5. The molecule has 1 heterocycles. The van der Waals surface area contributed by atoms with Crippen LogP contribution in [-0.2, 0) is 17.1 Å². The van der Waals surface area contributed by atoms with Gasteiger partial charge in [-0.05, 0) is 12.8 Å². The number of aromatic nitrogens is 2. The van der Waals surface area contributed by atoms with Gasteiger partial charge in [0.1, 0.15) is 5.15 Å². The van der Waals surface area contributed by atoms with Crippen molar-refractivity contribution in [3.63, 3.8) is 0 Å². The molecule has 1 fully saturated rings. The second kappa shape index (κ2) is 6.01. The third kappa shape index (κ3) is 3.52. The van der Waals surface area contributed by atoms with Gasteiger partial charge in [0, 0.05) is 13.6 Å². The molecule has 0 saturated heterocycles. The van der Waals surface area contributed by atoms with Crippen LogP contribution in [0.4, 0.5) is 0 Å². The van der Waals surface area contributed by atoms with E-state index < -0.39 is 15.6 Å². The number of sulfonamides is 1. The second-order valence-corrected chi connectivity index (χ2v) is 7.45. The first-order valence-electron chi connectivity index (χ1n) is 6.73. The molecule has 0 radical (unpaired) electrons. The van der Waals surface area contributed by atoms with Gasteiger partial charge >= 0.3 is 0 Å². The van der Waals surface area contributed by atoms with E-state index in [1.807, 2.05) is 0 Å². The van der Waals surface area contributed by atoms with E-state index in [4.69, 9.17) is 11.6 Å². The lowest BCUT2D eigenvalue weighted by molar-refractivity contribution is 0.0303. The zero-order valence-corrected chi connectivity index (χ0v) is 13.0. The van der Waals surface area contributed by atoms with Crippen LogP contribution in [0.3, 0.4) is 0 Å². The Hall–Kier alpha value is -0.630. The molecule has 20 heavy (non-hydrogen) atoms. The van der Waals surface area contributed by atoms with Crippen LogP contribution in [0.25, 0.3) is 0 Å². The van der Waals surface area contributed by atoms with Crippen molar-refractivity contribution in [2.45, 2.75) is 49.2 Å². The standard InChI is InChI=1S/C12H20ClN3O3S/c1-16-9-14-11(10(16)13)20(18,19)15-8-12(17)6-4-2-3-5-7-12/h9,15,17H,2-8H2,1H3. The van der Waals surface area contributed by atoms with Crippen molar-refractivity contribution in [3.8, 4) is 0 Å². The first-order chi connectivity index (χ1) is 9.34. The molecule has 0 spiro atoms. The Balaban J connectivity index is 2.07. The van der Waals surface area contributed by atoms with Crippen molar-refractivity contribution in [3.05, 3.63) is 11.5 Å². The third-order valence-electron chi connectivity index (χ3n) is 3.71. The van der Waals surface area contributed by atoms with Gasteiger partial charge < -0.3 is 9.67 Å². The molecule has 114 valence electrons. The van der Waals surface area contributed by atoms with Gasteiger partial charge in [-0.1, -0.05) is 37.3 Å². The summed E-state index contributed by atoms with van der Waals surface area (Å²) < 4.78 is 28.2. The summed E-state index contributed by atoms with van der Waals surface area (Å²) in [5.41, 5.74) is -0.967. The molecule has 0 atom stereocenters. The molecule has 0 amide bonds. The number of nitrogens with one attached hydrogen (secondary N) is 1. The maximum atomic E-state index is 12.2. The molecule has 1 aliphatic rings. The Labute approximate surface area is 124 Å². The molecule has 8 heteroatoms. The van der Waals surface area contributed by atoms with Crippen molar-refractivity contribution in [1.82, 2.24) is 14.3 Å². The van der Waals surface area contributed by atoms with E-state index in [0.29, 0.717) is 12.8 Å². The van der Waals surface area contributed by atoms with Crippen LogP contribution in [0.5, 0.6) is 0 Å². The predicted octanol–water partition coefficient (Wildman–Crippen LogP) is 1.44. The zero-order chi connectivity index (χ0) is 14.8. The van der Waals surface area contributed by atoms with Crippen LogP contribution in [0.15, 0.2) is 11.4 Å². The van der Waals surface area contributed by atoms with Crippen LogP contribution < -0.4 is 4.72 Å². The average Bonchev–Trinajstić information content (AvgIpc) is 2.62. The van der Waals surface area contributed by atoms with Crippen molar-refractivity contribution >= 4 is 21.6 Å². The highest BCUT2D eigenvalue weighted by molar-refractivity contribution is 7.89. The van der Waals surface area contributed by atoms with E-state index in [2.05, 4.69) is 9.71 Å². The minimum absolute atomic E-state index is 0.00222. The van der Waals surface area contributed by atoms with Crippen LogP contribution >= 0.6 is 11.6 Å². The number of rotatable bonds is 4. The summed E-state index contributed by atoms with van der Waals surface area (Å²) in [6.45, 7) is 0.00222. The first-order valence-corrected chi connectivity index (χ1v) is 8.59. The molecule has 6 nitrogen and oxygen atoms in total. The number of nitrogens with zero attached hydrogens (tertiary/aromatic N) is 2. The van der Waals surface area contributed by atoms with Crippen LogP contribution in [-0.4, -0.2) is 35.2 Å². The van der Waals surface area contributed by atoms with E-state index >= 15 is 0 Å². The van der Waals surface area contributed by atoms with Gasteiger partial charge in [0.25, 0.3) is 10.0 Å². The third-order valence-corrected chi connectivity index (χ3v) is 5.60. The molecular formula is C12H20ClN3O3S. The Kier molecular flexibility index (Phi) is 4.73. The SMILES string of the molecule is Cn1cnc(S(=O)(=O)NCC2(O)CCCCCC2)c1Cl. The largest absolute Gasteiger partial charge is 0.389 e. The Morgan fingerprint density at radius 1 is 1.40 bits per heavy atom. The molecule has 0 bridgehead atoms. The number of hydrogen-bond acceptors (Lipinski definition) is 4. The van der Waals surface area contributed by atoms with Gasteiger partial charge in [0.05, 0.1) is 11.9 Å². The Bertz CT molecular complexity index is 563. The van der Waals surface area contributed by atoms with Gasteiger partial charge in [-0.25, -0.2) is 18.1 Å². The van der Waals surface area contributed by atoms with Crippen molar-refractivity contribution in [1.29, 1.82) is 0 Å². The number of hydrogen-bond donors (Lipinski definition) is 2. The second-order valence-electron chi connectivity index (χ2n) is 5.41. The molecule has 1 aliphatic carbocycles. The maximum absolute atomic E-state index is 12.2. The highest BCUT2D eigenvalue weighted by Crippen LogP contribution is 2.27. The summed E-state index contributed by atoms with van der Waals surface area (Å²) in [7, 11) is -2.18. The summed E-state index contributed by atoms with van der Waals surface area (Å²) >= 11 is 5.89. The van der Waals surface area contributed by atoms with E-state index in [0.717, 1.165) is 25.7 Å². The van der Waals surface area contributed by atoms with Crippen molar-refractivity contribution < 1.29 is 13.5 Å². The number of imidazole rings is 1. The van der Waals surface area contributed by atoms with Gasteiger partial charge in [0.15, 0.2) is 0 Å². The topological polar surface area (TPSA) is 84.2 Å². The molecule has 2 N–H and O–H groups in total. The van der Waals surface area contributed by atoms with Crippen LogP contribution in [0.1, 0.15) is 38.5 Å². The highest BCUT2D eigenvalue weighted by Gasteiger charge is 2.31. The van der Waals surface area contributed by atoms with Gasteiger partial charge in [-0.2, -0.15) is 0 Å². The Morgan fingerprint density at radius 2 is 2.00 bits per heavy atom. The van der Waals surface area contributed by atoms with Gasteiger partial charge in [-0.3, -0.25) is 0 Å². The summed E-state index contributed by atoms with van der Waals surface area (Å²) in [6.07, 6.45) is 6.58. The minimum Gasteiger partial charge on any atom is -0.389 e. The van der Waals surface area contributed by atoms with E-state index in [1.165, 1.54) is 10.9 Å². The lowest BCUT2D eigenvalue weighted by atomic mass is 9.95. The fourth-order valence-corrected chi connectivity index (χ4v) is 3.98. The maximum Gasteiger partial charge on any atom is 0.261 e. The molecular weight excluding hydrogens is 302 g/mol. The fraction of sp³-hybridized carbons (Fsp3) is 0.750. The first kappa shape index (κ1) is 15.8. The quantitative estimate of drug-likeness (QED) is 0.822. The molecule has 1 aromatic heterocycles. The number of aryl methyl sites for hydroxylation is 1. The molecule has 0 aromatic carbocycles. The molecule has 1 saturated carbocycles. The summed E-state index contributed by atoms with van der Waals surface area (Å²) in [5, 5.41) is 10.3. The highest BCUT2D eigenvalue weighted by atomic mass is 35.5.